The summed E-state index contributed by atoms with van der Waals surface area (Å²) in [6.07, 6.45) is 5.55. The highest BCUT2D eigenvalue weighted by Crippen LogP contribution is 2.08. The van der Waals surface area contributed by atoms with Crippen LogP contribution in [0.5, 0.6) is 0 Å². The van der Waals surface area contributed by atoms with Gasteiger partial charge in [-0.25, -0.2) is 4.79 Å². The van der Waals surface area contributed by atoms with E-state index < -0.39 is 18.7 Å². The highest BCUT2D eigenvalue weighted by atomic mass is 16.5. The number of unbranched alkanes of at least 4 members (excludes halogenated alkanes) is 2. The molecule has 2 unspecified atom stereocenters. The molecule has 2 atom stereocenters. The van der Waals surface area contributed by atoms with Crippen LogP contribution in [0.1, 0.15) is 46.5 Å². The van der Waals surface area contributed by atoms with Crippen LogP contribution < -0.4 is 5.32 Å². The molecule has 6 nitrogen and oxygen atoms in total. The minimum atomic E-state index is -1.04. The van der Waals surface area contributed by atoms with Gasteiger partial charge in [0.2, 0.25) is 0 Å². The van der Waals surface area contributed by atoms with Crippen molar-refractivity contribution in [3.63, 3.8) is 0 Å². The van der Waals surface area contributed by atoms with Crippen molar-refractivity contribution >= 4 is 5.97 Å². The maximum atomic E-state index is 12.0. The van der Waals surface area contributed by atoms with Crippen molar-refractivity contribution in [2.24, 2.45) is 5.92 Å². The number of rotatable bonds is 14. The van der Waals surface area contributed by atoms with Crippen LogP contribution in [0.3, 0.4) is 0 Å². The molecule has 0 aromatic rings. The average molecular weight is 344 g/mol. The van der Waals surface area contributed by atoms with E-state index in [1.165, 1.54) is 25.7 Å². The van der Waals surface area contributed by atoms with Crippen LogP contribution >= 0.6 is 0 Å². The minimum absolute atomic E-state index is 0.205. The van der Waals surface area contributed by atoms with Crippen molar-refractivity contribution < 1.29 is 19.7 Å². The van der Waals surface area contributed by atoms with E-state index >= 15 is 0 Å². The molecule has 0 aliphatic rings. The predicted octanol–water partition coefficient (Wildman–Crippen LogP) is 1.52. The second-order valence-electron chi connectivity index (χ2n) is 6.25. The van der Waals surface area contributed by atoms with E-state index in [4.69, 9.17) is 9.84 Å². The van der Waals surface area contributed by atoms with Gasteiger partial charge in [0.1, 0.15) is 18.4 Å². The molecule has 0 spiro atoms. The van der Waals surface area contributed by atoms with Gasteiger partial charge in [-0.2, -0.15) is 0 Å². The number of nitrogens with one attached hydrogen (secondary N) is 1. The predicted molar refractivity (Wildman–Crippen MR) is 96.6 cm³/mol. The lowest BCUT2D eigenvalue weighted by Gasteiger charge is -2.24. The molecule has 3 N–H and O–H groups in total. The quantitative estimate of drug-likeness (QED) is 0.327. The molecular formula is C18H36N2O4. The number of likely N-dealkylation sites (N-methyl/N-ethyl adjacent to an activating group) is 1. The standard InChI is InChI=1S/C18H36N2O4/c1-5-7-9-20(10-8-6-2)12-15(3)11-17(19-4)18(23)24-14-16(22)13-21/h11,15-16,19,21-22H,5-10,12-14H2,1-4H3/b17-11-. The van der Waals surface area contributed by atoms with E-state index in [0.29, 0.717) is 5.70 Å². The zero-order valence-corrected chi connectivity index (χ0v) is 15.8. The number of carbonyl (C=O) groups excluding carboxylic acids is 1. The monoisotopic (exact) mass is 344 g/mol. The smallest absolute Gasteiger partial charge is 0.354 e. The van der Waals surface area contributed by atoms with Gasteiger partial charge < -0.3 is 25.2 Å². The average Bonchev–Trinajstić information content (AvgIpc) is 2.59. The third kappa shape index (κ3) is 10.6. The van der Waals surface area contributed by atoms with Crippen molar-refractivity contribution in [2.45, 2.75) is 52.6 Å². The van der Waals surface area contributed by atoms with E-state index in [1.807, 2.05) is 6.08 Å². The van der Waals surface area contributed by atoms with E-state index in [2.05, 4.69) is 31.0 Å². The van der Waals surface area contributed by atoms with Gasteiger partial charge in [0.05, 0.1) is 6.61 Å². The SMILES string of the molecule is CCCCN(CCCC)CC(C)/C=C(\NC)C(=O)OCC(O)CO. The number of ether oxygens (including phenoxy) is 1. The van der Waals surface area contributed by atoms with Crippen molar-refractivity contribution in [1.29, 1.82) is 0 Å². The van der Waals surface area contributed by atoms with Gasteiger partial charge in [0.25, 0.3) is 0 Å². The summed E-state index contributed by atoms with van der Waals surface area (Å²) in [7, 11) is 1.67. The lowest BCUT2D eigenvalue weighted by Crippen LogP contribution is -2.31. The number of esters is 1. The van der Waals surface area contributed by atoms with Crippen molar-refractivity contribution in [2.75, 3.05) is 39.9 Å². The summed E-state index contributed by atoms with van der Waals surface area (Å²) in [5, 5.41) is 20.9. The lowest BCUT2D eigenvalue weighted by atomic mass is 10.1. The first kappa shape index (κ1) is 22.9. The molecule has 0 bridgehead atoms. The molecule has 0 radical (unpaired) electrons. The first-order valence-corrected chi connectivity index (χ1v) is 9.06. The molecule has 0 aromatic carbocycles. The van der Waals surface area contributed by atoms with Gasteiger partial charge in [-0.05, 0) is 37.9 Å². The zero-order chi connectivity index (χ0) is 18.4. The van der Waals surface area contributed by atoms with Gasteiger partial charge in [0.15, 0.2) is 0 Å². The molecule has 0 aromatic heterocycles. The van der Waals surface area contributed by atoms with Crippen LogP contribution in [0, 0.1) is 5.92 Å². The van der Waals surface area contributed by atoms with Gasteiger partial charge in [-0.15, -0.1) is 0 Å². The lowest BCUT2D eigenvalue weighted by molar-refractivity contribution is -0.143. The van der Waals surface area contributed by atoms with Crippen LogP contribution in [0.15, 0.2) is 11.8 Å². The summed E-state index contributed by atoms with van der Waals surface area (Å²) in [5.41, 5.74) is 0.388. The van der Waals surface area contributed by atoms with Crippen molar-refractivity contribution in [3.05, 3.63) is 11.8 Å². The van der Waals surface area contributed by atoms with Crippen LogP contribution in [0.25, 0.3) is 0 Å². The number of nitrogens with zero attached hydrogens (tertiary/aromatic N) is 1. The number of hydrogen-bond acceptors (Lipinski definition) is 6. The maximum Gasteiger partial charge on any atom is 0.354 e. The highest BCUT2D eigenvalue weighted by Gasteiger charge is 2.15. The van der Waals surface area contributed by atoms with Crippen LogP contribution in [0.2, 0.25) is 0 Å². The summed E-state index contributed by atoms with van der Waals surface area (Å²) in [6.45, 7) is 8.89. The Bertz CT molecular complexity index is 353. The number of aliphatic hydroxyl groups excluding tert-OH is 2. The Kier molecular flexibility index (Phi) is 13.6. The normalized spacial score (nSPS) is 14.5. The molecule has 0 aliphatic carbocycles. The van der Waals surface area contributed by atoms with Crippen molar-refractivity contribution in [1.82, 2.24) is 10.2 Å². The molecule has 142 valence electrons. The molecule has 0 heterocycles. The van der Waals surface area contributed by atoms with Crippen molar-refractivity contribution in [3.8, 4) is 0 Å². The van der Waals surface area contributed by atoms with E-state index in [1.54, 1.807) is 7.05 Å². The second-order valence-corrected chi connectivity index (χ2v) is 6.25. The summed E-state index contributed by atoms with van der Waals surface area (Å²) >= 11 is 0. The molecule has 0 saturated carbocycles. The van der Waals surface area contributed by atoms with Crippen LogP contribution in [-0.4, -0.2) is 67.1 Å². The van der Waals surface area contributed by atoms with E-state index in [-0.39, 0.29) is 12.5 Å². The molecule has 0 amide bonds. The minimum Gasteiger partial charge on any atom is -0.458 e. The molecule has 0 rings (SSSR count). The fourth-order valence-corrected chi connectivity index (χ4v) is 2.36. The second kappa shape index (κ2) is 14.3. The Hall–Kier alpha value is -1.11. The van der Waals surface area contributed by atoms with Gasteiger partial charge in [0, 0.05) is 13.6 Å². The van der Waals surface area contributed by atoms with E-state index in [9.17, 15) is 9.90 Å². The molecule has 6 heteroatoms. The Morgan fingerprint density at radius 3 is 2.29 bits per heavy atom. The largest absolute Gasteiger partial charge is 0.458 e. The Balaban J connectivity index is 4.61. The van der Waals surface area contributed by atoms with Gasteiger partial charge in [-0.1, -0.05) is 33.6 Å². The molecule has 0 aliphatic heterocycles. The third-order valence-corrected chi connectivity index (χ3v) is 3.76. The first-order valence-electron chi connectivity index (χ1n) is 9.06. The van der Waals surface area contributed by atoms with Gasteiger partial charge in [-0.3, -0.25) is 0 Å². The summed E-state index contributed by atoms with van der Waals surface area (Å²) in [4.78, 5) is 14.4. The molecular weight excluding hydrogens is 308 g/mol. The highest BCUT2D eigenvalue weighted by molar-refractivity contribution is 5.87. The molecule has 0 saturated heterocycles. The molecule has 24 heavy (non-hydrogen) atoms. The topological polar surface area (TPSA) is 82.0 Å². The fourth-order valence-electron chi connectivity index (χ4n) is 2.36. The number of hydrogen-bond donors (Lipinski definition) is 3. The summed E-state index contributed by atoms with van der Waals surface area (Å²) in [6, 6.07) is 0. The zero-order valence-electron chi connectivity index (χ0n) is 15.8. The summed E-state index contributed by atoms with van der Waals surface area (Å²) < 4.78 is 4.99. The third-order valence-electron chi connectivity index (χ3n) is 3.76. The molecule has 0 fully saturated rings. The Morgan fingerprint density at radius 1 is 1.25 bits per heavy atom. The first-order chi connectivity index (χ1) is 11.5. The fraction of sp³-hybridized carbons (Fsp3) is 0.833. The maximum absolute atomic E-state index is 12.0. The Labute approximate surface area is 146 Å². The number of aliphatic hydroxyl groups is 2. The van der Waals surface area contributed by atoms with Crippen LogP contribution in [0.4, 0.5) is 0 Å². The number of carbonyl (C=O) groups is 1. The van der Waals surface area contributed by atoms with E-state index in [0.717, 1.165) is 19.6 Å². The summed E-state index contributed by atoms with van der Waals surface area (Å²) in [5.74, 6) is -0.304. The Morgan fingerprint density at radius 2 is 1.83 bits per heavy atom. The van der Waals surface area contributed by atoms with Gasteiger partial charge >= 0.3 is 5.97 Å². The van der Waals surface area contributed by atoms with Crippen LogP contribution in [-0.2, 0) is 9.53 Å².